The number of carbonyl (C=O) groups is 1. The van der Waals surface area contributed by atoms with Gasteiger partial charge in [0.1, 0.15) is 5.69 Å². The van der Waals surface area contributed by atoms with Crippen molar-refractivity contribution in [2.75, 3.05) is 25.5 Å². The average Bonchev–Trinajstić information content (AvgIpc) is 2.32. The number of amides is 1. The van der Waals surface area contributed by atoms with Crippen molar-refractivity contribution in [3.63, 3.8) is 0 Å². The maximum atomic E-state index is 11.0. The lowest BCUT2D eigenvalue weighted by molar-refractivity contribution is 0.0995. The molecule has 0 spiro atoms. The fourth-order valence-corrected chi connectivity index (χ4v) is 2.04. The number of pyridine rings is 1. The molecule has 0 saturated carbocycles. The van der Waals surface area contributed by atoms with Crippen LogP contribution in [0.3, 0.4) is 0 Å². The molecule has 1 aliphatic heterocycles. The zero-order valence-corrected chi connectivity index (χ0v) is 10.0. The van der Waals surface area contributed by atoms with E-state index in [1.807, 2.05) is 6.07 Å². The van der Waals surface area contributed by atoms with Gasteiger partial charge in [-0.25, -0.2) is 0 Å². The van der Waals surface area contributed by atoms with E-state index in [4.69, 9.17) is 5.73 Å². The first-order chi connectivity index (χ1) is 8.15. The minimum atomic E-state index is -0.489. The molecular formula is C12H18N4O. The van der Waals surface area contributed by atoms with Crippen LogP contribution in [0.2, 0.25) is 0 Å². The summed E-state index contributed by atoms with van der Waals surface area (Å²) in [6, 6.07) is 4.04. The van der Waals surface area contributed by atoms with Gasteiger partial charge in [-0.2, -0.15) is 0 Å². The number of piperidine rings is 1. The molecule has 0 atom stereocenters. The van der Waals surface area contributed by atoms with E-state index < -0.39 is 5.91 Å². The number of rotatable bonds is 3. The number of hydrogen-bond acceptors (Lipinski definition) is 4. The first kappa shape index (κ1) is 11.9. The summed E-state index contributed by atoms with van der Waals surface area (Å²) in [6.07, 6.45) is 3.84. The van der Waals surface area contributed by atoms with Gasteiger partial charge in [-0.3, -0.25) is 9.78 Å². The van der Waals surface area contributed by atoms with Crippen molar-refractivity contribution in [2.45, 2.75) is 18.9 Å². The third-order valence-electron chi connectivity index (χ3n) is 3.10. The van der Waals surface area contributed by atoms with Crippen molar-refractivity contribution < 1.29 is 4.79 Å². The molecule has 92 valence electrons. The summed E-state index contributed by atoms with van der Waals surface area (Å²) in [4.78, 5) is 17.3. The number of anilines is 1. The lowest BCUT2D eigenvalue weighted by Crippen LogP contribution is -2.36. The first-order valence-corrected chi connectivity index (χ1v) is 5.86. The zero-order valence-electron chi connectivity index (χ0n) is 10.0. The molecule has 2 rings (SSSR count). The molecule has 0 radical (unpaired) electrons. The number of aromatic nitrogens is 1. The highest BCUT2D eigenvalue weighted by molar-refractivity contribution is 5.91. The molecule has 1 amide bonds. The van der Waals surface area contributed by atoms with Crippen LogP contribution in [0.15, 0.2) is 18.3 Å². The molecule has 0 aromatic carbocycles. The Morgan fingerprint density at radius 2 is 2.24 bits per heavy atom. The SMILES string of the molecule is CN1CCC(Nc2ccnc(C(N)=O)c2)CC1. The highest BCUT2D eigenvalue weighted by Gasteiger charge is 2.16. The van der Waals surface area contributed by atoms with E-state index in [1.165, 1.54) is 0 Å². The monoisotopic (exact) mass is 234 g/mol. The summed E-state index contributed by atoms with van der Waals surface area (Å²) in [6.45, 7) is 2.21. The molecule has 5 nitrogen and oxygen atoms in total. The third-order valence-corrected chi connectivity index (χ3v) is 3.10. The van der Waals surface area contributed by atoms with Gasteiger partial charge >= 0.3 is 0 Å². The lowest BCUT2D eigenvalue weighted by atomic mass is 10.1. The predicted octanol–water partition coefficient (Wildman–Crippen LogP) is 0.687. The smallest absolute Gasteiger partial charge is 0.267 e. The van der Waals surface area contributed by atoms with Crippen LogP contribution < -0.4 is 11.1 Å². The summed E-state index contributed by atoms with van der Waals surface area (Å²) < 4.78 is 0. The molecule has 0 unspecified atom stereocenters. The summed E-state index contributed by atoms with van der Waals surface area (Å²) in [5, 5.41) is 3.42. The molecule has 1 aromatic rings. The fourth-order valence-electron chi connectivity index (χ4n) is 2.04. The highest BCUT2D eigenvalue weighted by Crippen LogP contribution is 2.15. The van der Waals surface area contributed by atoms with Crippen LogP contribution in [0.1, 0.15) is 23.3 Å². The van der Waals surface area contributed by atoms with E-state index in [9.17, 15) is 4.79 Å². The topological polar surface area (TPSA) is 71.2 Å². The molecule has 1 saturated heterocycles. The summed E-state index contributed by atoms with van der Waals surface area (Å²) in [5.74, 6) is -0.489. The lowest BCUT2D eigenvalue weighted by Gasteiger charge is -2.30. The van der Waals surface area contributed by atoms with Gasteiger partial charge in [-0.15, -0.1) is 0 Å². The molecule has 1 fully saturated rings. The number of primary amides is 1. The van der Waals surface area contributed by atoms with Crippen LogP contribution in [-0.2, 0) is 0 Å². The predicted molar refractivity (Wildman–Crippen MR) is 66.9 cm³/mol. The Hall–Kier alpha value is -1.62. The largest absolute Gasteiger partial charge is 0.382 e. The van der Waals surface area contributed by atoms with Crippen LogP contribution >= 0.6 is 0 Å². The second-order valence-electron chi connectivity index (χ2n) is 4.52. The first-order valence-electron chi connectivity index (χ1n) is 5.86. The van der Waals surface area contributed by atoms with Gasteiger partial charge in [0.2, 0.25) is 0 Å². The minimum absolute atomic E-state index is 0.308. The Kier molecular flexibility index (Phi) is 3.58. The van der Waals surface area contributed by atoms with E-state index in [-0.39, 0.29) is 0 Å². The molecule has 1 aromatic heterocycles. The average molecular weight is 234 g/mol. The molecule has 2 heterocycles. The maximum absolute atomic E-state index is 11.0. The van der Waals surface area contributed by atoms with Gasteiger partial charge in [0.25, 0.3) is 5.91 Å². The van der Waals surface area contributed by atoms with E-state index >= 15 is 0 Å². The van der Waals surface area contributed by atoms with Crippen LogP contribution in [0.5, 0.6) is 0 Å². The van der Waals surface area contributed by atoms with Gasteiger partial charge in [0.05, 0.1) is 0 Å². The second kappa shape index (κ2) is 5.14. The quantitative estimate of drug-likeness (QED) is 0.807. The molecule has 0 bridgehead atoms. The number of nitrogens with one attached hydrogen (secondary N) is 1. The van der Waals surface area contributed by atoms with Gasteiger partial charge in [0.15, 0.2) is 0 Å². The number of carbonyl (C=O) groups excluding carboxylic acids is 1. The molecule has 1 aliphatic rings. The number of nitrogens with zero attached hydrogens (tertiary/aromatic N) is 2. The van der Waals surface area contributed by atoms with Crippen LogP contribution in [0.4, 0.5) is 5.69 Å². The third kappa shape index (κ3) is 3.17. The van der Waals surface area contributed by atoms with Crippen molar-refractivity contribution in [1.29, 1.82) is 0 Å². The number of nitrogens with two attached hydrogens (primary N) is 1. The van der Waals surface area contributed by atoms with Gasteiger partial charge in [-0.1, -0.05) is 0 Å². The fraction of sp³-hybridized carbons (Fsp3) is 0.500. The van der Waals surface area contributed by atoms with Crippen molar-refractivity contribution >= 4 is 11.6 Å². The van der Waals surface area contributed by atoms with Gasteiger partial charge in [0, 0.05) is 17.9 Å². The van der Waals surface area contributed by atoms with Crippen molar-refractivity contribution in [1.82, 2.24) is 9.88 Å². The summed E-state index contributed by atoms with van der Waals surface area (Å²) in [5.41, 5.74) is 6.43. The number of likely N-dealkylation sites (tertiary alicyclic amines) is 1. The molecule has 0 aliphatic carbocycles. The van der Waals surface area contributed by atoms with Crippen molar-refractivity contribution in [3.05, 3.63) is 24.0 Å². The Morgan fingerprint density at radius 1 is 1.53 bits per heavy atom. The standard InChI is InChI=1S/C12H18N4O/c1-16-6-3-9(4-7-16)15-10-2-5-14-11(8-10)12(13)17/h2,5,8-9H,3-4,6-7H2,1H3,(H2,13,17)(H,14,15). The summed E-state index contributed by atoms with van der Waals surface area (Å²) in [7, 11) is 2.13. The maximum Gasteiger partial charge on any atom is 0.267 e. The van der Waals surface area contributed by atoms with Crippen LogP contribution in [0, 0.1) is 0 Å². The molecule has 3 N–H and O–H groups in total. The van der Waals surface area contributed by atoms with Crippen molar-refractivity contribution in [2.24, 2.45) is 5.73 Å². The summed E-state index contributed by atoms with van der Waals surface area (Å²) >= 11 is 0. The van der Waals surface area contributed by atoms with Gasteiger partial charge in [-0.05, 0) is 45.1 Å². The molecule has 5 heteroatoms. The van der Waals surface area contributed by atoms with Gasteiger partial charge < -0.3 is 16.0 Å². The number of hydrogen-bond donors (Lipinski definition) is 2. The second-order valence-corrected chi connectivity index (χ2v) is 4.52. The van der Waals surface area contributed by atoms with Crippen LogP contribution in [-0.4, -0.2) is 42.0 Å². The van der Waals surface area contributed by atoms with Crippen LogP contribution in [0.25, 0.3) is 0 Å². The highest BCUT2D eigenvalue weighted by atomic mass is 16.1. The minimum Gasteiger partial charge on any atom is -0.382 e. The Bertz CT molecular complexity index is 399. The molecule has 17 heavy (non-hydrogen) atoms. The van der Waals surface area contributed by atoms with E-state index in [0.29, 0.717) is 11.7 Å². The van der Waals surface area contributed by atoms with E-state index in [0.717, 1.165) is 31.6 Å². The normalized spacial score (nSPS) is 17.9. The Morgan fingerprint density at radius 3 is 2.88 bits per heavy atom. The van der Waals surface area contributed by atoms with Crippen molar-refractivity contribution in [3.8, 4) is 0 Å². The Labute approximate surface area is 101 Å². The van der Waals surface area contributed by atoms with E-state index in [2.05, 4.69) is 22.2 Å². The van der Waals surface area contributed by atoms with E-state index in [1.54, 1.807) is 12.3 Å². The molecular weight excluding hydrogens is 216 g/mol. The zero-order chi connectivity index (χ0) is 12.3. The Balaban J connectivity index is 1.98.